The van der Waals surface area contributed by atoms with E-state index in [1.807, 2.05) is 0 Å². The Hall–Kier alpha value is -2.80. The molecule has 0 atom stereocenters. The molecule has 3 N–H and O–H groups in total. The molecule has 124 valence electrons. The fourth-order valence-electron chi connectivity index (χ4n) is 1.90. The number of benzene rings is 2. The van der Waals surface area contributed by atoms with E-state index in [4.69, 9.17) is 12.2 Å². The average Bonchev–Trinajstić information content (AvgIpc) is 2.55. The Morgan fingerprint density at radius 3 is 2.38 bits per heavy atom. The second-order valence-electron chi connectivity index (χ2n) is 4.87. The van der Waals surface area contributed by atoms with Crippen molar-refractivity contribution in [3.05, 3.63) is 59.9 Å². The molecule has 2 aromatic rings. The van der Waals surface area contributed by atoms with Crippen molar-refractivity contribution < 1.29 is 14.0 Å². The van der Waals surface area contributed by atoms with E-state index in [-0.39, 0.29) is 16.6 Å². The van der Waals surface area contributed by atoms with E-state index in [2.05, 4.69) is 16.0 Å². The highest BCUT2D eigenvalue weighted by molar-refractivity contribution is 7.80. The van der Waals surface area contributed by atoms with Crippen LogP contribution < -0.4 is 16.0 Å². The third kappa shape index (κ3) is 4.85. The summed E-state index contributed by atoms with van der Waals surface area (Å²) in [4.78, 5) is 23.4. The van der Waals surface area contributed by atoms with Crippen molar-refractivity contribution >= 4 is 40.5 Å². The highest BCUT2D eigenvalue weighted by atomic mass is 32.1. The molecule has 7 heteroatoms. The van der Waals surface area contributed by atoms with Gasteiger partial charge in [-0.15, -0.1) is 0 Å². The predicted octanol–water partition coefficient (Wildman–Crippen LogP) is 3.30. The smallest absolute Gasteiger partial charge is 0.260 e. The number of rotatable bonds is 4. The van der Waals surface area contributed by atoms with Crippen LogP contribution in [0.2, 0.25) is 0 Å². The van der Waals surface area contributed by atoms with Gasteiger partial charge in [-0.25, -0.2) is 4.39 Å². The van der Waals surface area contributed by atoms with Crippen molar-refractivity contribution in [1.29, 1.82) is 0 Å². The standard InChI is InChI=1S/C17H16FN3O2S/c1-2-15(22)19-11-6-5-7-12(10-11)20-17(24)21-16(23)13-8-3-4-9-14(13)18/h3-10H,2H2,1H3,(H,19,22)(H2,20,21,23,24). The molecule has 0 aliphatic heterocycles. The summed E-state index contributed by atoms with van der Waals surface area (Å²) >= 11 is 5.06. The van der Waals surface area contributed by atoms with E-state index in [0.717, 1.165) is 0 Å². The van der Waals surface area contributed by atoms with Gasteiger partial charge in [0.2, 0.25) is 5.91 Å². The van der Waals surface area contributed by atoms with Gasteiger partial charge in [0.15, 0.2) is 5.11 Å². The first-order valence-electron chi connectivity index (χ1n) is 7.26. The van der Waals surface area contributed by atoms with E-state index in [9.17, 15) is 14.0 Å². The van der Waals surface area contributed by atoms with Gasteiger partial charge in [0.25, 0.3) is 5.91 Å². The van der Waals surface area contributed by atoms with Gasteiger partial charge < -0.3 is 10.6 Å². The number of carbonyl (C=O) groups excluding carboxylic acids is 2. The Labute approximate surface area is 144 Å². The summed E-state index contributed by atoms with van der Waals surface area (Å²) in [6.07, 6.45) is 0.370. The van der Waals surface area contributed by atoms with E-state index in [0.29, 0.717) is 17.8 Å². The first-order chi connectivity index (χ1) is 11.5. The predicted molar refractivity (Wildman–Crippen MR) is 95.4 cm³/mol. The first-order valence-corrected chi connectivity index (χ1v) is 7.67. The molecule has 0 saturated heterocycles. The zero-order chi connectivity index (χ0) is 17.5. The molecule has 0 aromatic heterocycles. The molecule has 0 aliphatic rings. The minimum absolute atomic E-state index is 0.0298. The fraction of sp³-hybridized carbons (Fsp3) is 0.118. The molecule has 0 bridgehead atoms. The van der Waals surface area contributed by atoms with Gasteiger partial charge >= 0.3 is 0 Å². The van der Waals surface area contributed by atoms with Crippen LogP contribution in [0, 0.1) is 5.82 Å². The van der Waals surface area contributed by atoms with Crippen LogP contribution >= 0.6 is 12.2 Å². The normalized spacial score (nSPS) is 9.92. The Kier molecular flexibility index (Phi) is 5.97. The van der Waals surface area contributed by atoms with E-state index >= 15 is 0 Å². The molecule has 24 heavy (non-hydrogen) atoms. The minimum atomic E-state index is -0.638. The molecular weight excluding hydrogens is 329 g/mol. The van der Waals surface area contributed by atoms with Crippen LogP contribution in [0.25, 0.3) is 0 Å². The van der Waals surface area contributed by atoms with Gasteiger partial charge in [0.1, 0.15) is 5.82 Å². The number of thiocarbonyl (C=S) groups is 1. The van der Waals surface area contributed by atoms with Crippen LogP contribution in [0.4, 0.5) is 15.8 Å². The Bertz CT molecular complexity index is 780. The van der Waals surface area contributed by atoms with Gasteiger partial charge in [-0.1, -0.05) is 25.1 Å². The molecule has 5 nitrogen and oxygen atoms in total. The summed E-state index contributed by atoms with van der Waals surface area (Å²) in [5.41, 5.74) is 1.10. The summed E-state index contributed by atoms with van der Waals surface area (Å²) in [6.45, 7) is 1.75. The van der Waals surface area contributed by atoms with Crippen LogP contribution in [-0.2, 0) is 4.79 Å². The number of hydrogen-bond acceptors (Lipinski definition) is 3. The lowest BCUT2D eigenvalue weighted by atomic mass is 10.2. The third-order valence-electron chi connectivity index (χ3n) is 3.07. The molecule has 0 spiro atoms. The average molecular weight is 345 g/mol. The van der Waals surface area contributed by atoms with Crippen LogP contribution in [0.15, 0.2) is 48.5 Å². The van der Waals surface area contributed by atoms with Gasteiger partial charge in [-0.3, -0.25) is 14.9 Å². The first kappa shape index (κ1) is 17.6. The van der Waals surface area contributed by atoms with Crippen molar-refractivity contribution in [3.63, 3.8) is 0 Å². The molecule has 2 aromatic carbocycles. The van der Waals surface area contributed by atoms with Gasteiger partial charge in [0, 0.05) is 17.8 Å². The lowest BCUT2D eigenvalue weighted by Crippen LogP contribution is -2.34. The number of halogens is 1. The molecule has 2 amide bonds. The highest BCUT2D eigenvalue weighted by Crippen LogP contribution is 2.15. The van der Waals surface area contributed by atoms with Crippen molar-refractivity contribution in [3.8, 4) is 0 Å². The summed E-state index contributed by atoms with van der Waals surface area (Å²) in [5.74, 6) is -1.37. The van der Waals surface area contributed by atoms with Gasteiger partial charge in [-0.05, 0) is 42.5 Å². The van der Waals surface area contributed by atoms with Crippen LogP contribution in [0.1, 0.15) is 23.7 Å². The van der Waals surface area contributed by atoms with E-state index < -0.39 is 11.7 Å². The SMILES string of the molecule is CCC(=O)Nc1cccc(NC(=S)NC(=O)c2ccccc2F)c1. The number of amides is 2. The van der Waals surface area contributed by atoms with Crippen LogP contribution in [0.5, 0.6) is 0 Å². The topological polar surface area (TPSA) is 70.2 Å². The third-order valence-corrected chi connectivity index (χ3v) is 3.27. The number of carbonyl (C=O) groups is 2. The summed E-state index contributed by atoms with van der Waals surface area (Å²) in [7, 11) is 0. The second kappa shape index (κ2) is 8.16. The summed E-state index contributed by atoms with van der Waals surface area (Å²) in [5, 5.41) is 7.98. The zero-order valence-corrected chi connectivity index (χ0v) is 13.7. The molecule has 0 saturated carbocycles. The monoisotopic (exact) mass is 345 g/mol. The molecule has 0 heterocycles. The lowest BCUT2D eigenvalue weighted by Gasteiger charge is -2.11. The van der Waals surface area contributed by atoms with Crippen molar-refractivity contribution in [2.24, 2.45) is 0 Å². The summed E-state index contributed by atoms with van der Waals surface area (Å²) in [6, 6.07) is 12.5. The Morgan fingerprint density at radius 2 is 1.71 bits per heavy atom. The van der Waals surface area contributed by atoms with E-state index in [1.54, 1.807) is 37.3 Å². The maximum atomic E-state index is 13.6. The maximum absolute atomic E-state index is 13.6. The zero-order valence-electron chi connectivity index (χ0n) is 12.9. The molecular formula is C17H16FN3O2S. The minimum Gasteiger partial charge on any atom is -0.332 e. The molecule has 0 unspecified atom stereocenters. The van der Waals surface area contributed by atoms with Crippen LogP contribution in [0.3, 0.4) is 0 Å². The second-order valence-corrected chi connectivity index (χ2v) is 5.28. The highest BCUT2D eigenvalue weighted by Gasteiger charge is 2.12. The van der Waals surface area contributed by atoms with Gasteiger partial charge in [-0.2, -0.15) is 0 Å². The molecule has 0 fully saturated rings. The maximum Gasteiger partial charge on any atom is 0.260 e. The molecule has 0 aliphatic carbocycles. The largest absolute Gasteiger partial charge is 0.332 e. The summed E-state index contributed by atoms with van der Waals surface area (Å²) < 4.78 is 13.6. The Morgan fingerprint density at radius 1 is 1.04 bits per heavy atom. The van der Waals surface area contributed by atoms with Crippen molar-refractivity contribution in [2.75, 3.05) is 10.6 Å². The number of nitrogens with one attached hydrogen (secondary N) is 3. The van der Waals surface area contributed by atoms with Crippen molar-refractivity contribution in [2.45, 2.75) is 13.3 Å². The lowest BCUT2D eigenvalue weighted by molar-refractivity contribution is -0.115. The van der Waals surface area contributed by atoms with Crippen LogP contribution in [-0.4, -0.2) is 16.9 Å². The fourth-order valence-corrected chi connectivity index (χ4v) is 2.11. The molecule has 2 rings (SSSR count). The number of anilines is 2. The van der Waals surface area contributed by atoms with Gasteiger partial charge in [0.05, 0.1) is 5.56 Å². The van der Waals surface area contributed by atoms with Crippen molar-refractivity contribution in [1.82, 2.24) is 5.32 Å². The number of hydrogen-bond donors (Lipinski definition) is 3. The van der Waals surface area contributed by atoms with E-state index in [1.165, 1.54) is 18.2 Å². The molecule has 0 radical (unpaired) electrons. The Balaban J connectivity index is 2.00. The quantitative estimate of drug-likeness (QED) is 0.744.